The smallest absolute Gasteiger partial charge is 0.212 e. The van der Waals surface area contributed by atoms with Crippen LogP contribution < -0.4 is 15.8 Å². The van der Waals surface area contributed by atoms with Crippen molar-refractivity contribution in [3.8, 4) is 5.75 Å². The van der Waals surface area contributed by atoms with Gasteiger partial charge in [-0.15, -0.1) is 0 Å². The van der Waals surface area contributed by atoms with Gasteiger partial charge < -0.3 is 15.8 Å². The highest BCUT2D eigenvalue weighted by atomic mass is 19.1. The number of nitrogens with two attached hydrogens (primary N) is 1. The number of anilines is 3. The van der Waals surface area contributed by atoms with Gasteiger partial charge in [-0.1, -0.05) is 24.3 Å². The van der Waals surface area contributed by atoms with Crippen molar-refractivity contribution in [2.45, 2.75) is 0 Å². The first-order valence-corrected chi connectivity index (χ1v) is 8.50. The van der Waals surface area contributed by atoms with Gasteiger partial charge >= 0.3 is 0 Å². The molecule has 0 bridgehead atoms. The van der Waals surface area contributed by atoms with Crippen molar-refractivity contribution < 1.29 is 9.13 Å². The van der Waals surface area contributed by atoms with Gasteiger partial charge in [-0.05, 0) is 24.3 Å². The Morgan fingerprint density at radius 2 is 1.93 bits per heavy atom. The molecule has 2 aromatic carbocycles. The van der Waals surface area contributed by atoms with Gasteiger partial charge in [-0.25, -0.2) is 4.98 Å². The average molecular weight is 377 g/mol. The van der Waals surface area contributed by atoms with E-state index >= 15 is 0 Å². The molecular weight excluding hydrogens is 357 g/mol. The van der Waals surface area contributed by atoms with E-state index < -0.39 is 5.95 Å². The molecule has 6 nitrogen and oxygen atoms in total. The highest BCUT2D eigenvalue weighted by molar-refractivity contribution is 6.19. The highest BCUT2D eigenvalue weighted by Crippen LogP contribution is 2.33. The molecule has 28 heavy (non-hydrogen) atoms. The number of halogens is 1. The van der Waals surface area contributed by atoms with Crippen LogP contribution in [0.25, 0.3) is 0 Å². The maximum atomic E-state index is 13.1. The van der Waals surface area contributed by atoms with Gasteiger partial charge in [0.15, 0.2) is 0 Å². The molecule has 142 valence electrons. The van der Waals surface area contributed by atoms with Crippen molar-refractivity contribution in [1.82, 2.24) is 4.98 Å². The zero-order valence-electron chi connectivity index (χ0n) is 15.5. The molecule has 0 radical (unpaired) electrons. The molecule has 3 rings (SSSR count). The number of rotatable bonds is 6. The molecule has 1 aromatic heterocycles. The molecule has 4 N–H and O–H groups in total. The van der Waals surface area contributed by atoms with Crippen molar-refractivity contribution >= 4 is 29.0 Å². The van der Waals surface area contributed by atoms with Crippen LogP contribution in [0.5, 0.6) is 5.75 Å². The number of hydrogen-bond acceptors (Lipinski definition) is 6. The van der Waals surface area contributed by atoms with Crippen molar-refractivity contribution in [2.24, 2.45) is 4.99 Å². The predicted molar refractivity (Wildman–Crippen MR) is 111 cm³/mol. The Hall–Kier alpha value is -3.74. The van der Waals surface area contributed by atoms with Crippen LogP contribution >= 0.6 is 0 Å². The van der Waals surface area contributed by atoms with Gasteiger partial charge in [0.2, 0.25) is 5.95 Å². The molecule has 0 atom stereocenters. The minimum Gasteiger partial charge on any atom is -0.495 e. The Bertz CT molecular complexity index is 1030. The second-order valence-corrected chi connectivity index (χ2v) is 5.95. The third-order valence-corrected chi connectivity index (χ3v) is 4.18. The van der Waals surface area contributed by atoms with Crippen LogP contribution in [0.1, 0.15) is 16.7 Å². The lowest BCUT2D eigenvalue weighted by Crippen LogP contribution is -2.11. The Kier molecular flexibility index (Phi) is 5.64. The van der Waals surface area contributed by atoms with Gasteiger partial charge in [0.1, 0.15) is 5.75 Å². The first-order chi connectivity index (χ1) is 13.5. The van der Waals surface area contributed by atoms with E-state index in [2.05, 4.69) is 15.3 Å². The first kappa shape index (κ1) is 19.0. The van der Waals surface area contributed by atoms with Gasteiger partial charge in [0.05, 0.1) is 30.4 Å². The zero-order chi connectivity index (χ0) is 20.1. The number of para-hydroxylation sites is 1. The van der Waals surface area contributed by atoms with E-state index in [9.17, 15) is 4.39 Å². The van der Waals surface area contributed by atoms with Gasteiger partial charge in [-0.3, -0.25) is 10.4 Å². The molecule has 0 aliphatic rings. The highest BCUT2D eigenvalue weighted by Gasteiger charge is 2.18. The Morgan fingerprint density at radius 3 is 2.61 bits per heavy atom. The summed E-state index contributed by atoms with van der Waals surface area (Å²) in [5, 5.41) is 12.0. The number of hydrogen-bond donors (Lipinski definition) is 3. The molecule has 3 aromatic rings. The summed E-state index contributed by atoms with van der Waals surface area (Å²) in [7, 11) is 3.20. The summed E-state index contributed by atoms with van der Waals surface area (Å²) in [6, 6.07) is 13.6. The second-order valence-electron chi connectivity index (χ2n) is 5.95. The number of nitrogen functional groups attached to an aromatic ring is 1. The SMILES string of the molecule is CN=Cc1c(N)cccc1C(=N)c1cccc(OC)c1Nc1ccc(F)nc1. The van der Waals surface area contributed by atoms with E-state index in [1.807, 2.05) is 6.07 Å². The second kappa shape index (κ2) is 8.30. The lowest BCUT2D eigenvalue weighted by Gasteiger charge is -2.18. The maximum Gasteiger partial charge on any atom is 0.212 e. The van der Waals surface area contributed by atoms with Crippen LogP contribution in [0.2, 0.25) is 0 Å². The third kappa shape index (κ3) is 3.83. The maximum absolute atomic E-state index is 13.1. The predicted octanol–water partition coefficient (Wildman–Crippen LogP) is 4.02. The number of nitrogens with zero attached hydrogens (tertiary/aromatic N) is 2. The fourth-order valence-electron chi connectivity index (χ4n) is 2.85. The molecule has 0 saturated carbocycles. The van der Waals surface area contributed by atoms with Crippen molar-refractivity contribution in [2.75, 3.05) is 25.2 Å². The average Bonchev–Trinajstić information content (AvgIpc) is 2.71. The molecule has 1 heterocycles. The number of aliphatic imine (C=N–C) groups is 1. The summed E-state index contributed by atoms with van der Waals surface area (Å²) < 4.78 is 18.6. The number of methoxy groups -OCH3 is 1. The van der Waals surface area contributed by atoms with E-state index in [-0.39, 0.29) is 5.71 Å². The molecule has 0 aliphatic heterocycles. The topological polar surface area (TPSA) is 96.4 Å². The summed E-state index contributed by atoms with van der Waals surface area (Å²) in [4.78, 5) is 7.71. The molecule has 0 spiro atoms. The molecule has 0 saturated heterocycles. The molecule has 0 unspecified atom stereocenters. The monoisotopic (exact) mass is 377 g/mol. The summed E-state index contributed by atoms with van der Waals surface area (Å²) in [5.41, 5.74) is 9.92. The number of pyridine rings is 1. The van der Waals surface area contributed by atoms with Crippen molar-refractivity contribution in [1.29, 1.82) is 5.41 Å². The lowest BCUT2D eigenvalue weighted by atomic mass is 9.95. The van der Waals surface area contributed by atoms with E-state index in [1.165, 1.54) is 12.3 Å². The summed E-state index contributed by atoms with van der Waals surface area (Å²) in [5.74, 6) is -0.0250. The number of ether oxygens (including phenoxy) is 1. The van der Waals surface area contributed by atoms with Crippen LogP contribution in [-0.4, -0.2) is 31.1 Å². The number of nitrogens with one attached hydrogen (secondary N) is 2. The summed E-state index contributed by atoms with van der Waals surface area (Å²) >= 11 is 0. The fraction of sp³-hybridized carbons (Fsp3) is 0.0952. The quantitative estimate of drug-likeness (QED) is 0.343. The summed E-state index contributed by atoms with van der Waals surface area (Å²) in [6.07, 6.45) is 3.02. The Morgan fingerprint density at radius 1 is 1.18 bits per heavy atom. The molecular formula is C21H20FN5O. The fourth-order valence-corrected chi connectivity index (χ4v) is 2.85. The van der Waals surface area contributed by atoms with Crippen molar-refractivity contribution in [3.63, 3.8) is 0 Å². The van der Waals surface area contributed by atoms with Crippen LogP contribution in [0.15, 0.2) is 59.7 Å². The van der Waals surface area contributed by atoms with Crippen LogP contribution in [0, 0.1) is 11.4 Å². The number of aromatic nitrogens is 1. The normalized spacial score (nSPS) is 10.8. The lowest BCUT2D eigenvalue weighted by molar-refractivity contribution is 0.417. The molecule has 7 heteroatoms. The number of benzene rings is 2. The summed E-state index contributed by atoms with van der Waals surface area (Å²) in [6.45, 7) is 0. The minimum atomic E-state index is -0.568. The van der Waals surface area contributed by atoms with Crippen LogP contribution in [-0.2, 0) is 0 Å². The largest absolute Gasteiger partial charge is 0.495 e. The van der Waals surface area contributed by atoms with Crippen LogP contribution in [0.4, 0.5) is 21.5 Å². The van der Waals surface area contributed by atoms with Crippen molar-refractivity contribution in [3.05, 3.63) is 77.4 Å². The minimum absolute atomic E-state index is 0.249. The van der Waals surface area contributed by atoms with E-state index in [1.54, 1.807) is 56.8 Å². The standard InChI is InChI=1S/C21H20FN5O/c1-25-12-16-14(5-3-7-17(16)23)20(24)15-6-4-8-18(28-2)21(15)27-13-9-10-19(22)26-11-13/h3-12,24,27H,23H2,1-2H3. The van der Waals surface area contributed by atoms with Crippen LogP contribution in [0.3, 0.4) is 0 Å². The van der Waals surface area contributed by atoms with Gasteiger partial charge in [-0.2, -0.15) is 4.39 Å². The third-order valence-electron chi connectivity index (χ3n) is 4.18. The van der Waals surface area contributed by atoms with E-state index in [0.717, 1.165) is 0 Å². The Balaban J connectivity index is 2.11. The molecule has 0 aliphatic carbocycles. The van der Waals surface area contributed by atoms with Gasteiger partial charge in [0, 0.05) is 35.6 Å². The zero-order valence-corrected chi connectivity index (χ0v) is 15.5. The van der Waals surface area contributed by atoms with E-state index in [4.69, 9.17) is 15.9 Å². The molecule has 0 fully saturated rings. The Labute approximate surface area is 162 Å². The first-order valence-electron chi connectivity index (χ1n) is 8.50. The van der Waals surface area contributed by atoms with Gasteiger partial charge in [0.25, 0.3) is 0 Å². The van der Waals surface area contributed by atoms with E-state index in [0.29, 0.717) is 39.5 Å². The molecule has 0 amide bonds.